The third-order valence-corrected chi connectivity index (χ3v) is 3.08. The van der Waals surface area contributed by atoms with Crippen molar-refractivity contribution in [3.8, 4) is 0 Å². The van der Waals surface area contributed by atoms with E-state index in [1.807, 2.05) is 30.3 Å². The minimum atomic E-state index is -1.15. The van der Waals surface area contributed by atoms with E-state index in [2.05, 4.69) is 16.9 Å². The van der Waals surface area contributed by atoms with Crippen LogP contribution in [-0.2, 0) is 16.0 Å². The molecule has 0 spiro atoms. The second kappa shape index (κ2) is 7.21. The first-order valence-electron chi connectivity index (χ1n) is 6.71. The van der Waals surface area contributed by atoms with E-state index < -0.39 is 18.1 Å². The summed E-state index contributed by atoms with van der Waals surface area (Å²) in [6.07, 6.45) is 2.29. The number of aromatic nitrogens is 1. The molecule has 0 aliphatic heterocycles. The fraction of sp³-hybridized carbons (Fsp3) is 0.188. The van der Waals surface area contributed by atoms with Crippen molar-refractivity contribution in [1.82, 2.24) is 10.3 Å². The Hall–Kier alpha value is -2.89. The normalized spacial score (nSPS) is 11.6. The summed E-state index contributed by atoms with van der Waals surface area (Å²) >= 11 is 0. The van der Waals surface area contributed by atoms with Gasteiger partial charge in [-0.2, -0.15) is 0 Å². The molecule has 2 aromatic rings. The van der Waals surface area contributed by atoms with Crippen LogP contribution in [0.1, 0.15) is 5.69 Å². The molecule has 0 saturated heterocycles. The van der Waals surface area contributed by atoms with E-state index >= 15 is 0 Å². The molecule has 1 amide bonds. The molecule has 114 valence electrons. The Bertz CT molecular complexity index is 694. The van der Waals surface area contributed by atoms with Gasteiger partial charge in [0.05, 0.1) is 5.69 Å². The molecule has 6 nitrogen and oxygen atoms in total. The van der Waals surface area contributed by atoms with Crippen molar-refractivity contribution in [1.29, 1.82) is 0 Å². The maximum atomic E-state index is 11.5. The highest BCUT2D eigenvalue weighted by Crippen LogP contribution is 2.17. The maximum absolute atomic E-state index is 11.5. The summed E-state index contributed by atoms with van der Waals surface area (Å²) in [5.74, 6) is -1.15. The molecule has 0 aliphatic rings. The zero-order valence-electron chi connectivity index (χ0n) is 11.9. The van der Waals surface area contributed by atoms with Gasteiger partial charge in [-0.05, 0) is 11.5 Å². The van der Waals surface area contributed by atoms with E-state index in [4.69, 9.17) is 4.74 Å². The molecule has 1 atom stereocenters. The first-order chi connectivity index (χ1) is 10.6. The van der Waals surface area contributed by atoms with Crippen LogP contribution >= 0.6 is 0 Å². The van der Waals surface area contributed by atoms with Crippen LogP contribution in [0.4, 0.5) is 4.79 Å². The molecule has 1 aromatic heterocycles. The summed E-state index contributed by atoms with van der Waals surface area (Å²) in [6, 6.07) is 8.27. The van der Waals surface area contributed by atoms with Gasteiger partial charge in [0.15, 0.2) is 0 Å². The maximum Gasteiger partial charge on any atom is 0.408 e. The van der Waals surface area contributed by atoms with Gasteiger partial charge >= 0.3 is 12.1 Å². The summed E-state index contributed by atoms with van der Waals surface area (Å²) in [5, 5.41) is 13.4. The van der Waals surface area contributed by atoms with E-state index in [0.29, 0.717) is 5.69 Å². The highest BCUT2D eigenvalue weighted by atomic mass is 16.5. The van der Waals surface area contributed by atoms with Crippen molar-refractivity contribution in [3.05, 3.63) is 54.9 Å². The van der Waals surface area contributed by atoms with Crippen molar-refractivity contribution in [2.45, 2.75) is 12.5 Å². The zero-order valence-corrected chi connectivity index (χ0v) is 11.9. The lowest BCUT2D eigenvalue weighted by Crippen LogP contribution is -2.42. The quantitative estimate of drug-likeness (QED) is 0.798. The van der Waals surface area contributed by atoms with Crippen LogP contribution in [0, 0.1) is 0 Å². The molecule has 0 aliphatic carbocycles. The standard InChI is InChI=1S/C16H16N2O4/c1-2-9-22-16(21)18-14(15(19)20)10-13-12-6-4-3-5-11(12)7-8-17-13/h2-8,14H,1,9-10H2,(H,18,21)(H,19,20). The number of fused-ring (bicyclic) bond motifs is 1. The van der Waals surface area contributed by atoms with Gasteiger partial charge in [-0.3, -0.25) is 4.98 Å². The first-order valence-corrected chi connectivity index (χ1v) is 6.71. The molecule has 1 heterocycles. The van der Waals surface area contributed by atoms with Gasteiger partial charge in [0.1, 0.15) is 12.6 Å². The van der Waals surface area contributed by atoms with Crippen molar-refractivity contribution >= 4 is 22.8 Å². The highest BCUT2D eigenvalue weighted by molar-refractivity contribution is 5.86. The first kappa shape index (κ1) is 15.5. The van der Waals surface area contributed by atoms with Crippen LogP contribution in [0.5, 0.6) is 0 Å². The number of rotatable bonds is 6. The van der Waals surface area contributed by atoms with E-state index in [0.717, 1.165) is 10.8 Å². The number of nitrogens with one attached hydrogen (secondary N) is 1. The Morgan fingerprint density at radius 1 is 1.36 bits per heavy atom. The highest BCUT2D eigenvalue weighted by Gasteiger charge is 2.22. The number of hydrogen-bond acceptors (Lipinski definition) is 4. The monoisotopic (exact) mass is 300 g/mol. The summed E-state index contributed by atoms with van der Waals surface area (Å²) in [6.45, 7) is 3.44. The number of carbonyl (C=O) groups excluding carboxylic acids is 1. The van der Waals surface area contributed by atoms with Gasteiger partial charge in [0.2, 0.25) is 0 Å². The molecule has 1 unspecified atom stereocenters. The molecular weight excluding hydrogens is 284 g/mol. The van der Waals surface area contributed by atoms with E-state index in [1.54, 1.807) is 6.20 Å². The Balaban J connectivity index is 2.18. The molecule has 2 rings (SSSR count). The van der Waals surface area contributed by atoms with Gasteiger partial charge in [-0.15, -0.1) is 0 Å². The molecule has 0 radical (unpaired) electrons. The van der Waals surface area contributed by atoms with Crippen molar-refractivity contribution in [2.24, 2.45) is 0 Å². The van der Waals surface area contributed by atoms with E-state index in [-0.39, 0.29) is 13.0 Å². The summed E-state index contributed by atoms with van der Waals surface area (Å²) in [4.78, 5) is 27.1. The third-order valence-electron chi connectivity index (χ3n) is 3.08. The van der Waals surface area contributed by atoms with Gasteiger partial charge in [-0.1, -0.05) is 36.9 Å². The molecule has 0 fully saturated rings. The molecule has 6 heteroatoms. The number of aliphatic carboxylic acids is 1. The number of carboxylic acid groups (broad SMARTS) is 1. The number of amides is 1. The number of hydrogen-bond donors (Lipinski definition) is 2. The fourth-order valence-electron chi connectivity index (χ4n) is 2.06. The Kier molecular flexibility index (Phi) is 5.08. The van der Waals surface area contributed by atoms with E-state index in [1.165, 1.54) is 6.08 Å². The molecule has 22 heavy (non-hydrogen) atoms. The minimum absolute atomic E-state index is 0.0185. The number of ether oxygens (including phenoxy) is 1. The lowest BCUT2D eigenvalue weighted by Gasteiger charge is -2.15. The number of carboxylic acids is 1. The van der Waals surface area contributed by atoms with Crippen molar-refractivity contribution in [2.75, 3.05) is 6.61 Å². The van der Waals surface area contributed by atoms with Crippen LogP contribution in [0.2, 0.25) is 0 Å². The largest absolute Gasteiger partial charge is 0.480 e. The molecular formula is C16H16N2O4. The summed E-state index contributed by atoms with van der Waals surface area (Å²) < 4.78 is 4.75. The molecule has 0 bridgehead atoms. The molecule has 1 aromatic carbocycles. The van der Waals surface area contributed by atoms with Crippen LogP contribution in [0.15, 0.2) is 49.2 Å². The van der Waals surface area contributed by atoms with Gasteiger partial charge in [-0.25, -0.2) is 9.59 Å². The number of alkyl carbamates (subject to hydrolysis) is 1. The van der Waals surface area contributed by atoms with Crippen LogP contribution in [0.25, 0.3) is 10.8 Å². The molecule has 0 saturated carbocycles. The minimum Gasteiger partial charge on any atom is -0.480 e. The fourth-order valence-corrected chi connectivity index (χ4v) is 2.06. The van der Waals surface area contributed by atoms with Gasteiger partial charge in [0, 0.05) is 18.0 Å². The lowest BCUT2D eigenvalue weighted by molar-refractivity contribution is -0.139. The Morgan fingerprint density at radius 3 is 2.86 bits per heavy atom. The predicted octanol–water partition coefficient (Wildman–Crippen LogP) is 2.14. The van der Waals surface area contributed by atoms with E-state index in [9.17, 15) is 14.7 Å². The van der Waals surface area contributed by atoms with Crippen LogP contribution < -0.4 is 5.32 Å². The number of nitrogens with zero attached hydrogens (tertiary/aromatic N) is 1. The average Bonchev–Trinajstić information content (AvgIpc) is 2.52. The number of pyridine rings is 1. The van der Waals surface area contributed by atoms with Gasteiger partial charge < -0.3 is 15.2 Å². The van der Waals surface area contributed by atoms with Gasteiger partial charge in [0.25, 0.3) is 0 Å². The Morgan fingerprint density at radius 2 is 2.14 bits per heavy atom. The predicted molar refractivity (Wildman–Crippen MR) is 81.6 cm³/mol. The van der Waals surface area contributed by atoms with Crippen LogP contribution in [-0.4, -0.2) is 34.8 Å². The third kappa shape index (κ3) is 3.82. The number of benzene rings is 1. The zero-order chi connectivity index (χ0) is 15.9. The van der Waals surface area contributed by atoms with Crippen LogP contribution in [0.3, 0.4) is 0 Å². The van der Waals surface area contributed by atoms with Crippen molar-refractivity contribution in [3.63, 3.8) is 0 Å². The summed E-state index contributed by atoms with van der Waals surface area (Å²) in [7, 11) is 0. The lowest BCUT2D eigenvalue weighted by atomic mass is 10.0. The topological polar surface area (TPSA) is 88.5 Å². The second-order valence-corrected chi connectivity index (χ2v) is 4.61. The smallest absolute Gasteiger partial charge is 0.408 e. The number of carbonyl (C=O) groups is 2. The Labute approximate surface area is 127 Å². The average molecular weight is 300 g/mol. The SMILES string of the molecule is C=CCOC(=O)NC(Cc1nccc2ccccc12)C(=O)O. The molecule has 2 N–H and O–H groups in total. The summed E-state index contributed by atoms with van der Waals surface area (Å²) in [5.41, 5.74) is 0.606. The second-order valence-electron chi connectivity index (χ2n) is 4.61. The van der Waals surface area contributed by atoms with Crippen molar-refractivity contribution < 1.29 is 19.4 Å².